The van der Waals surface area contributed by atoms with Gasteiger partial charge in [0.05, 0.1) is 13.2 Å². The Morgan fingerprint density at radius 3 is 2.28 bits per heavy atom. The highest BCUT2D eigenvalue weighted by Crippen LogP contribution is 2.06. The first-order valence-corrected chi connectivity index (χ1v) is 6.61. The minimum Gasteiger partial charge on any atom is -0.375 e. The van der Waals surface area contributed by atoms with Gasteiger partial charge in [-0.2, -0.15) is 0 Å². The number of rotatable bonds is 8. The standard InChI is InChI=1S/C15H26N2O/c1-13(2)16-11-14-5-7-15(8-6-14)12-18-10-9-17(3)4/h5-8,13,16H,9-12H2,1-4H3. The zero-order chi connectivity index (χ0) is 13.4. The fraction of sp³-hybridized carbons (Fsp3) is 0.600. The third kappa shape index (κ3) is 6.74. The molecular formula is C15H26N2O. The van der Waals surface area contributed by atoms with Gasteiger partial charge in [0.2, 0.25) is 0 Å². The van der Waals surface area contributed by atoms with Crippen molar-refractivity contribution < 1.29 is 4.74 Å². The Kier molecular flexibility index (Phi) is 6.94. The van der Waals surface area contributed by atoms with Crippen LogP contribution in [0.2, 0.25) is 0 Å². The molecule has 1 aromatic carbocycles. The predicted molar refractivity (Wildman–Crippen MR) is 76.6 cm³/mol. The van der Waals surface area contributed by atoms with Crippen LogP contribution in [0, 0.1) is 0 Å². The molecule has 1 N–H and O–H groups in total. The Hall–Kier alpha value is -0.900. The lowest BCUT2D eigenvalue weighted by molar-refractivity contribution is 0.105. The number of benzene rings is 1. The van der Waals surface area contributed by atoms with E-state index in [-0.39, 0.29) is 0 Å². The van der Waals surface area contributed by atoms with Gasteiger partial charge in [-0.1, -0.05) is 38.1 Å². The van der Waals surface area contributed by atoms with E-state index in [1.165, 1.54) is 11.1 Å². The molecule has 18 heavy (non-hydrogen) atoms. The summed E-state index contributed by atoms with van der Waals surface area (Å²) in [6.07, 6.45) is 0. The van der Waals surface area contributed by atoms with Crippen molar-refractivity contribution in [1.29, 1.82) is 0 Å². The van der Waals surface area contributed by atoms with Gasteiger partial charge in [-0.05, 0) is 25.2 Å². The van der Waals surface area contributed by atoms with E-state index in [0.29, 0.717) is 12.6 Å². The average Bonchev–Trinajstić information content (AvgIpc) is 2.33. The molecule has 1 aromatic rings. The van der Waals surface area contributed by atoms with Gasteiger partial charge < -0.3 is 15.0 Å². The Balaban J connectivity index is 2.27. The van der Waals surface area contributed by atoms with Crippen molar-refractivity contribution in [2.24, 2.45) is 0 Å². The SMILES string of the molecule is CC(C)NCc1ccc(COCCN(C)C)cc1. The van der Waals surface area contributed by atoms with E-state index in [2.05, 4.69) is 62.4 Å². The molecule has 0 saturated carbocycles. The zero-order valence-electron chi connectivity index (χ0n) is 12.1. The molecule has 0 spiro atoms. The normalized spacial score (nSPS) is 11.4. The van der Waals surface area contributed by atoms with Crippen LogP contribution in [-0.4, -0.2) is 38.2 Å². The lowest BCUT2D eigenvalue weighted by atomic mass is 10.1. The van der Waals surface area contributed by atoms with Crippen LogP contribution in [0.5, 0.6) is 0 Å². The summed E-state index contributed by atoms with van der Waals surface area (Å²) in [6, 6.07) is 9.15. The number of nitrogens with one attached hydrogen (secondary N) is 1. The van der Waals surface area contributed by atoms with Crippen LogP contribution in [0.15, 0.2) is 24.3 Å². The van der Waals surface area contributed by atoms with Crippen LogP contribution in [0.1, 0.15) is 25.0 Å². The van der Waals surface area contributed by atoms with Gasteiger partial charge in [0.25, 0.3) is 0 Å². The van der Waals surface area contributed by atoms with Crippen molar-refractivity contribution >= 4 is 0 Å². The van der Waals surface area contributed by atoms with E-state index < -0.39 is 0 Å². The molecule has 0 aromatic heterocycles. The van der Waals surface area contributed by atoms with Crippen LogP contribution in [-0.2, 0) is 17.9 Å². The van der Waals surface area contributed by atoms with E-state index in [9.17, 15) is 0 Å². The van der Waals surface area contributed by atoms with Gasteiger partial charge in [0.1, 0.15) is 0 Å². The Morgan fingerprint density at radius 2 is 1.72 bits per heavy atom. The first kappa shape index (κ1) is 15.2. The first-order valence-electron chi connectivity index (χ1n) is 6.61. The molecule has 102 valence electrons. The van der Waals surface area contributed by atoms with Gasteiger partial charge >= 0.3 is 0 Å². The summed E-state index contributed by atoms with van der Waals surface area (Å²) in [6.45, 7) is 7.70. The minimum absolute atomic E-state index is 0.527. The molecule has 0 amide bonds. The van der Waals surface area contributed by atoms with Gasteiger partial charge in [0.15, 0.2) is 0 Å². The summed E-state index contributed by atoms with van der Waals surface area (Å²) in [7, 11) is 4.11. The molecule has 0 saturated heterocycles. The number of likely N-dealkylation sites (N-methyl/N-ethyl adjacent to an activating group) is 1. The average molecular weight is 250 g/mol. The smallest absolute Gasteiger partial charge is 0.0717 e. The zero-order valence-corrected chi connectivity index (χ0v) is 12.1. The first-order chi connectivity index (χ1) is 8.58. The van der Waals surface area contributed by atoms with Crippen molar-refractivity contribution in [3.8, 4) is 0 Å². The van der Waals surface area contributed by atoms with Crippen LogP contribution in [0.25, 0.3) is 0 Å². The van der Waals surface area contributed by atoms with Gasteiger partial charge in [-0.25, -0.2) is 0 Å². The summed E-state index contributed by atoms with van der Waals surface area (Å²) >= 11 is 0. The van der Waals surface area contributed by atoms with Crippen molar-refractivity contribution in [1.82, 2.24) is 10.2 Å². The molecule has 0 bridgehead atoms. The number of ether oxygens (including phenoxy) is 1. The summed E-state index contributed by atoms with van der Waals surface area (Å²) in [5.41, 5.74) is 2.56. The predicted octanol–water partition coefficient (Wildman–Crippen LogP) is 2.26. The van der Waals surface area contributed by atoms with Crippen LogP contribution >= 0.6 is 0 Å². The molecule has 0 aliphatic rings. The molecule has 3 heteroatoms. The second kappa shape index (κ2) is 8.25. The maximum atomic E-state index is 5.61. The van der Waals surface area contributed by atoms with Gasteiger partial charge in [0, 0.05) is 19.1 Å². The molecule has 0 aliphatic heterocycles. The molecule has 0 unspecified atom stereocenters. The molecule has 1 rings (SSSR count). The Morgan fingerprint density at radius 1 is 1.11 bits per heavy atom. The van der Waals surface area contributed by atoms with E-state index in [1.54, 1.807) is 0 Å². The van der Waals surface area contributed by atoms with E-state index in [1.807, 2.05) is 0 Å². The highest BCUT2D eigenvalue weighted by Gasteiger charge is 1.97. The molecule has 3 nitrogen and oxygen atoms in total. The fourth-order valence-corrected chi connectivity index (χ4v) is 1.51. The molecule has 0 heterocycles. The Labute approximate surface area is 111 Å². The summed E-state index contributed by atoms with van der Waals surface area (Å²) < 4.78 is 5.61. The maximum absolute atomic E-state index is 5.61. The fourth-order valence-electron chi connectivity index (χ4n) is 1.51. The van der Waals surface area contributed by atoms with Crippen molar-refractivity contribution in [2.75, 3.05) is 27.2 Å². The van der Waals surface area contributed by atoms with Crippen molar-refractivity contribution in [3.05, 3.63) is 35.4 Å². The van der Waals surface area contributed by atoms with Crippen LogP contribution in [0.3, 0.4) is 0 Å². The Bertz CT molecular complexity index is 320. The van der Waals surface area contributed by atoms with Gasteiger partial charge in [-0.15, -0.1) is 0 Å². The molecular weight excluding hydrogens is 224 g/mol. The minimum atomic E-state index is 0.527. The monoisotopic (exact) mass is 250 g/mol. The molecule has 0 atom stereocenters. The van der Waals surface area contributed by atoms with Gasteiger partial charge in [-0.3, -0.25) is 0 Å². The van der Waals surface area contributed by atoms with Crippen LogP contribution in [0.4, 0.5) is 0 Å². The highest BCUT2D eigenvalue weighted by molar-refractivity contribution is 5.21. The van der Waals surface area contributed by atoms with E-state index in [4.69, 9.17) is 4.74 Å². The lowest BCUT2D eigenvalue weighted by Crippen LogP contribution is -2.21. The van der Waals surface area contributed by atoms with Crippen LogP contribution < -0.4 is 5.32 Å². The molecule has 0 radical (unpaired) electrons. The quantitative estimate of drug-likeness (QED) is 0.716. The second-order valence-electron chi connectivity index (χ2n) is 5.21. The molecule has 0 fully saturated rings. The largest absolute Gasteiger partial charge is 0.375 e. The number of nitrogens with zero attached hydrogens (tertiary/aromatic N) is 1. The third-order valence-corrected chi connectivity index (χ3v) is 2.69. The summed E-state index contributed by atoms with van der Waals surface area (Å²) in [5.74, 6) is 0. The second-order valence-corrected chi connectivity index (χ2v) is 5.21. The lowest BCUT2D eigenvalue weighted by Gasteiger charge is -2.11. The van der Waals surface area contributed by atoms with Crippen molar-refractivity contribution in [3.63, 3.8) is 0 Å². The maximum Gasteiger partial charge on any atom is 0.0717 e. The summed E-state index contributed by atoms with van der Waals surface area (Å²) in [4.78, 5) is 2.13. The van der Waals surface area contributed by atoms with Crippen molar-refractivity contribution in [2.45, 2.75) is 33.0 Å². The topological polar surface area (TPSA) is 24.5 Å². The van der Waals surface area contributed by atoms with E-state index >= 15 is 0 Å². The number of hydrogen-bond donors (Lipinski definition) is 1. The van der Waals surface area contributed by atoms with E-state index in [0.717, 1.165) is 19.7 Å². The number of hydrogen-bond acceptors (Lipinski definition) is 3. The third-order valence-electron chi connectivity index (χ3n) is 2.69. The molecule has 0 aliphatic carbocycles. The highest BCUT2D eigenvalue weighted by atomic mass is 16.5. The summed E-state index contributed by atoms with van der Waals surface area (Å²) in [5, 5.41) is 3.41.